The minimum Gasteiger partial charge on any atom is -0.481 e. The average Bonchev–Trinajstić information content (AvgIpc) is 2.37. The molecule has 2 unspecified atom stereocenters. The van der Waals surface area contributed by atoms with Crippen LogP contribution in [-0.4, -0.2) is 23.0 Å². The minimum atomic E-state index is -0.885. The minimum absolute atomic E-state index is 0.0285. The van der Waals surface area contributed by atoms with Crippen LogP contribution in [-0.2, 0) is 22.4 Å². The van der Waals surface area contributed by atoms with Crippen LogP contribution in [0.2, 0.25) is 0 Å². The number of aliphatic carboxylic acids is 1. The highest BCUT2D eigenvalue weighted by Crippen LogP contribution is 2.27. The molecule has 0 heterocycles. The topological polar surface area (TPSA) is 66.4 Å². The van der Waals surface area contributed by atoms with E-state index in [2.05, 4.69) is 23.5 Å². The zero-order chi connectivity index (χ0) is 14.5. The lowest BCUT2D eigenvalue weighted by Crippen LogP contribution is -2.35. The molecule has 0 bridgehead atoms. The molecule has 1 aromatic carbocycles. The second-order valence-electron chi connectivity index (χ2n) is 5.65. The number of carbonyl (C=O) groups excluding carboxylic acids is 1. The summed E-state index contributed by atoms with van der Waals surface area (Å²) in [7, 11) is 0. The van der Waals surface area contributed by atoms with Crippen molar-refractivity contribution >= 4 is 11.9 Å². The van der Waals surface area contributed by atoms with Gasteiger partial charge in [-0.1, -0.05) is 24.3 Å². The first kappa shape index (κ1) is 14.6. The van der Waals surface area contributed by atoms with Crippen LogP contribution in [0.5, 0.6) is 0 Å². The van der Waals surface area contributed by atoms with Crippen molar-refractivity contribution in [2.45, 2.75) is 45.1 Å². The molecule has 108 valence electrons. The van der Waals surface area contributed by atoms with Gasteiger partial charge in [-0.3, -0.25) is 9.59 Å². The van der Waals surface area contributed by atoms with Gasteiger partial charge in [0, 0.05) is 12.5 Å². The van der Waals surface area contributed by atoms with Crippen molar-refractivity contribution in [3.8, 4) is 0 Å². The number of aryl methyl sites for hydroxylation is 1. The fourth-order valence-electron chi connectivity index (χ4n) is 2.86. The summed E-state index contributed by atoms with van der Waals surface area (Å²) in [6, 6.07) is 8.07. The largest absolute Gasteiger partial charge is 0.481 e. The molecule has 4 heteroatoms. The van der Waals surface area contributed by atoms with Crippen LogP contribution in [0.4, 0.5) is 0 Å². The normalized spacial score (nSPS) is 18.9. The maximum absolute atomic E-state index is 11.9. The van der Waals surface area contributed by atoms with E-state index in [0.717, 1.165) is 19.3 Å². The molecule has 2 N–H and O–H groups in total. The van der Waals surface area contributed by atoms with Crippen LogP contribution >= 0.6 is 0 Å². The molecule has 0 fully saturated rings. The van der Waals surface area contributed by atoms with Gasteiger partial charge < -0.3 is 10.4 Å². The molecule has 0 saturated carbocycles. The van der Waals surface area contributed by atoms with Gasteiger partial charge in [-0.2, -0.15) is 0 Å². The van der Waals surface area contributed by atoms with Crippen LogP contribution < -0.4 is 5.32 Å². The number of nitrogens with one attached hydrogen (secondary N) is 1. The molecule has 20 heavy (non-hydrogen) atoms. The summed E-state index contributed by atoms with van der Waals surface area (Å²) in [5.74, 6) is -0.561. The third-order valence-electron chi connectivity index (χ3n) is 3.81. The lowest BCUT2D eigenvalue weighted by atomic mass is 9.82. The molecular formula is C16H21NO3. The summed E-state index contributed by atoms with van der Waals surface area (Å²) in [5.41, 5.74) is 2.73. The number of carbonyl (C=O) groups is 2. The van der Waals surface area contributed by atoms with Gasteiger partial charge in [-0.15, -0.1) is 0 Å². The lowest BCUT2D eigenvalue weighted by Gasteiger charge is -2.24. The monoisotopic (exact) mass is 275 g/mol. The van der Waals surface area contributed by atoms with Gasteiger partial charge in [-0.25, -0.2) is 0 Å². The number of benzene rings is 1. The Labute approximate surface area is 119 Å². The molecule has 1 aromatic rings. The Morgan fingerprint density at radius 2 is 2.05 bits per heavy atom. The fraction of sp³-hybridized carbons (Fsp3) is 0.500. The maximum Gasteiger partial charge on any atom is 0.305 e. The number of fused-ring (bicyclic) bond motifs is 1. The molecule has 0 saturated heterocycles. The maximum atomic E-state index is 11.9. The van der Waals surface area contributed by atoms with E-state index >= 15 is 0 Å². The highest BCUT2D eigenvalue weighted by atomic mass is 16.4. The standard InChI is InChI=1S/C16H21NO3/c1-11(8-16(19)20)17-15(18)10-12-6-7-13-4-2-3-5-14(13)9-12/h2-5,11-12H,6-10H2,1H3,(H,17,18)(H,19,20). The highest BCUT2D eigenvalue weighted by molar-refractivity contribution is 5.77. The van der Waals surface area contributed by atoms with Gasteiger partial charge in [0.1, 0.15) is 0 Å². The number of carboxylic acid groups (broad SMARTS) is 1. The van der Waals surface area contributed by atoms with Crippen LogP contribution in [0, 0.1) is 5.92 Å². The molecule has 0 aromatic heterocycles. The zero-order valence-electron chi connectivity index (χ0n) is 11.8. The van der Waals surface area contributed by atoms with Crippen LogP contribution in [0.25, 0.3) is 0 Å². The van der Waals surface area contributed by atoms with Crippen LogP contribution in [0.15, 0.2) is 24.3 Å². The van der Waals surface area contributed by atoms with Crippen molar-refractivity contribution in [1.29, 1.82) is 0 Å². The fourth-order valence-corrected chi connectivity index (χ4v) is 2.86. The van der Waals surface area contributed by atoms with Gasteiger partial charge in [0.2, 0.25) is 5.91 Å². The van der Waals surface area contributed by atoms with Crippen molar-refractivity contribution in [2.75, 3.05) is 0 Å². The molecule has 2 atom stereocenters. The van der Waals surface area contributed by atoms with Crippen LogP contribution in [0.3, 0.4) is 0 Å². The first-order valence-electron chi connectivity index (χ1n) is 7.12. The number of amides is 1. The lowest BCUT2D eigenvalue weighted by molar-refractivity contribution is -0.137. The first-order chi connectivity index (χ1) is 9.54. The quantitative estimate of drug-likeness (QED) is 0.865. The zero-order valence-corrected chi connectivity index (χ0v) is 11.8. The third kappa shape index (κ3) is 4.08. The van der Waals surface area contributed by atoms with Crippen molar-refractivity contribution in [3.05, 3.63) is 35.4 Å². The SMILES string of the molecule is CC(CC(=O)O)NC(=O)CC1CCc2ccccc2C1. The van der Waals surface area contributed by atoms with Gasteiger partial charge in [-0.05, 0) is 43.2 Å². The van der Waals surface area contributed by atoms with Gasteiger partial charge >= 0.3 is 5.97 Å². The van der Waals surface area contributed by atoms with E-state index in [1.54, 1.807) is 6.92 Å². The number of hydrogen-bond donors (Lipinski definition) is 2. The Bertz CT molecular complexity index is 498. The van der Waals surface area contributed by atoms with E-state index in [1.165, 1.54) is 11.1 Å². The molecule has 1 aliphatic carbocycles. The first-order valence-corrected chi connectivity index (χ1v) is 7.12. The summed E-state index contributed by atoms with van der Waals surface area (Å²) < 4.78 is 0. The number of hydrogen-bond acceptors (Lipinski definition) is 2. The predicted molar refractivity (Wildman–Crippen MR) is 76.4 cm³/mol. The summed E-state index contributed by atoms with van der Waals surface area (Å²) in [6.07, 6.45) is 3.45. The van der Waals surface area contributed by atoms with E-state index < -0.39 is 5.97 Å². The van der Waals surface area contributed by atoms with E-state index in [9.17, 15) is 9.59 Å². The second kappa shape index (κ2) is 6.55. The molecule has 0 radical (unpaired) electrons. The number of carboxylic acids is 1. The highest BCUT2D eigenvalue weighted by Gasteiger charge is 2.21. The summed E-state index contributed by atoms with van der Waals surface area (Å²) in [4.78, 5) is 22.5. The molecule has 0 aliphatic heterocycles. The third-order valence-corrected chi connectivity index (χ3v) is 3.81. The van der Waals surface area contributed by atoms with Gasteiger partial charge in [0.15, 0.2) is 0 Å². The van der Waals surface area contributed by atoms with Crippen molar-refractivity contribution in [1.82, 2.24) is 5.32 Å². The van der Waals surface area contributed by atoms with E-state index in [1.807, 2.05) is 6.07 Å². The van der Waals surface area contributed by atoms with Gasteiger partial charge in [0.05, 0.1) is 6.42 Å². The van der Waals surface area contributed by atoms with Crippen molar-refractivity contribution in [2.24, 2.45) is 5.92 Å². The van der Waals surface area contributed by atoms with E-state index in [4.69, 9.17) is 5.11 Å². The average molecular weight is 275 g/mol. The molecule has 2 rings (SSSR count). The van der Waals surface area contributed by atoms with E-state index in [-0.39, 0.29) is 18.4 Å². The summed E-state index contributed by atoms with van der Waals surface area (Å²) >= 11 is 0. The molecule has 1 amide bonds. The van der Waals surface area contributed by atoms with E-state index in [0.29, 0.717) is 12.3 Å². The molecule has 1 aliphatic rings. The second-order valence-corrected chi connectivity index (χ2v) is 5.65. The molecule has 4 nitrogen and oxygen atoms in total. The Morgan fingerprint density at radius 1 is 1.35 bits per heavy atom. The molecular weight excluding hydrogens is 254 g/mol. The smallest absolute Gasteiger partial charge is 0.305 e. The predicted octanol–water partition coefficient (Wildman–Crippen LogP) is 2.16. The Morgan fingerprint density at radius 3 is 2.75 bits per heavy atom. The van der Waals surface area contributed by atoms with Gasteiger partial charge in [0.25, 0.3) is 0 Å². The summed E-state index contributed by atoms with van der Waals surface area (Å²) in [6.45, 7) is 1.72. The Kier molecular flexibility index (Phi) is 4.77. The van der Waals surface area contributed by atoms with Crippen LogP contribution in [0.1, 0.15) is 37.3 Å². The van der Waals surface area contributed by atoms with Crippen molar-refractivity contribution in [3.63, 3.8) is 0 Å². The Balaban J connectivity index is 1.83. The van der Waals surface area contributed by atoms with Crippen molar-refractivity contribution < 1.29 is 14.7 Å². The Hall–Kier alpha value is -1.84. The summed E-state index contributed by atoms with van der Waals surface area (Å²) in [5, 5.41) is 11.4. The number of rotatable bonds is 5. The molecule has 0 spiro atoms.